The van der Waals surface area contributed by atoms with Gasteiger partial charge in [0.25, 0.3) is 5.91 Å². The Morgan fingerprint density at radius 1 is 1.23 bits per heavy atom. The molecule has 2 atom stereocenters. The Kier molecular flexibility index (Phi) is 6.23. The highest BCUT2D eigenvalue weighted by molar-refractivity contribution is 5.95. The first-order chi connectivity index (χ1) is 12.2. The van der Waals surface area contributed by atoms with Crippen molar-refractivity contribution in [3.63, 3.8) is 0 Å². The van der Waals surface area contributed by atoms with Crippen molar-refractivity contribution in [1.82, 2.24) is 15.3 Å². The van der Waals surface area contributed by atoms with Crippen molar-refractivity contribution >= 4 is 23.6 Å². The molecule has 1 aromatic rings. The van der Waals surface area contributed by atoms with Crippen LogP contribution < -0.4 is 21.7 Å². The molecule has 0 radical (unpaired) electrons. The average Bonchev–Trinajstić information content (AvgIpc) is 2.54. The quantitative estimate of drug-likeness (QED) is 0.627. The maximum atomic E-state index is 12.1. The van der Waals surface area contributed by atoms with Gasteiger partial charge in [-0.15, -0.1) is 0 Å². The highest BCUT2D eigenvalue weighted by Gasteiger charge is 2.29. The summed E-state index contributed by atoms with van der Waals surface area (Å²) in [6.07, 6.45) is 4.86. The first kappa shape index (κ1) is 19.7. The third-order valence-electron chi connectivity index (χ3n) is 4.04. The van der Waals surface area contributed by atoms with Crippen molar-refractivity contribution < 1.29 is 14.3 Å². The summed E-state index contributed by atoms with van der Waals surface area (Å²) in [6.45, 7) is 5.50. The first-order valence-corrected chi connectivity index (χ1v) is 8.80. The third-order valence-corrected chi connectivity index (χ3v) is 4.04. The summed E-state index contributed by atoms with van der Waals surface area (Å²) in [5.41, 5.74) is 4.83. The zero-order valence-corrected chi connectivity index (χ0v) is 15.8. The van der Waals surface area contributed by atoms with Gasteiger partial charge >= 0.3 is 6.09 Å². The van der Waals surface area contributed by atoms with E-state index >= 15 is 0 Å². The number of carbonyl (C=O) groups excluding carboxylic acids is 2. The molecule has 1 fully saturated rings. The number of aromatic nitrogens is 2. The molecule has 1 heterocycles. The largest absolute Gasteiger partial charge is 0.444 e. The van der Waals surface area contributed by atoms with Crippen molar-refractivity contribution in [3.05, 3.63) is 11.9 Å². The molecule has 0 bridgehead atoms. The Hall–Kier alpha value is -2.58. The van der Waals surface area contributed by atoms with E-state index in [2.05, 4.69) is 25.9 Å². The molecule has 0 aliphatic heterocycles. The molecule has 0 unspecified atom stereocenters. The van der Waals surface area contributed by atoms with Crippen molar-refractivity contribution in [3.8, 4) is 0 Å². The summed E-state index contributed by atoms with van der Waals surface area (Å²) < 4.78 is 5.35. The number of primary amides is 1. The van der Waals surface area contributed by atoms with Gasteiger partial charge in [-0.05, 0) is 33.6 Å². The molecule has 0 aromatic carbocycles. The van der Waals surface area contributed by atoms with E-state index in [-0.39, 0.29) is 17.8 Å². The van der Waals surface area contributed by atoms with Crippen LogP contribution in [0.4, 0.5) is 16.4 Å². The molecule has 9 heteroatoms. The molecule has 144 valence electrons. The number of carbonyl (C=O) groups is 2. The highest BCUT2D eigenvalue weighted by atomic mass is 16.6. The van der Waals surface area contributed by atoms with Gasteiger partial charge in [-0.3, -0.25) is 4.79 Å². The standard InChI is InChI=1S/C17H28N6O3/c1-17(2,3)26-16(25)22-11-8-6-5-7-10(11)21-12-9-20-13(14(18)24)15(19-4)23-12/h9-11H,5-8H2,1-4H3,(H2,18,24)(H,22,25)(H2,19,21,23)/t10-,11+/m1/s1. The van der Waals surface area contributed by atoms with E-state index in [9.17, 15) is 9.59 Å². The lowest BCUT2D eigenvalue weighted by atomic mass is 9.90. The highest BCUT2D eigenvalue weighted by Crippen LogP contribution is 2.23. The maximum absolute atomic E-state index is 12.1. The van der Waals surface area contributed by atoms with Crippen LogP contribution >= 0.6 is 0 Å². The Morgan fingerprint density at radius 2 is 1.88 bits per heavy atom. The molecular weight excluding hydrogens is 336 g/mol. The molecule has 1 aliphatic rings. The molecule has 2 amide bonds. The van der Waals surface area contributed by atoms with Gasteiger partial charge in [0.15, 0.2) is 11.5 Å². The Balaban J connectivity index is 2.08. The smallest absolute Gasteiger partial charge is 0.407 e. The van der Waals surface area contributed by atoms with Gasteiger partial charge < -0.3 is 26.4 Å². The number of ether oxygens (including phenoxy) is 1. The number of nitrogens with one attached hydrogen (secondary N) is 3. The van der Waals surface area contributed by atoms with Crippen LogP contribution in [0.25, 0.3) is 0 Å². The van der Waals surface area contributed by atoms with E-state index in [1.165, 1.54) is 6.20 Å². The summed E-state index contributed by atoms with van der Waals surface area (Å²) in [4.78, 5) is 31.9. The lowest BCUT2D eigenvalue weighted by Crippen LogP contribution is -2.49. The number of nitrogens with two attached hydrogens (primary N) is 1. The molecule has 0 spiro atoms. The maximum Gasteiger partial charge on any atom is 0.407 e. The van der Waals surface area contributed by atoms with Gasteiger partial charge in [-0.1, -0.05) is 12.8 Å². The van der Waals surface area contributed by atoms with Crippen LogP contribution in [0.3, 0.4) is 0 Å². The summed E-state index contributed by atoms with van der Waals surface area (Å²) in [5, 5.41) is 9.07. The SMILES string of the molecule is CNc1nc(N[C@@H]2CCCC[C@@H]2NC(=O)OC(C)(C)C)cnc1C(N)=O. The molecule has 1 aliphatic carbocycles. The van der Waals surface area contributed by atoms with Crippen LogP contribution in [0.5, 0.6) is 0 Å². The molecule has 0 saturated heterocycles. The van der Waals surface area contributed by atoms with E-state index in [0.717, 1.165) is 25.7 Å². The van der Waals surface area contributed by atoms with Crippen LogP contribution in [0.2, 0.25) is 0 Å². The fraction of sp³-hybridized carbons (Fsp3) is 0.647. The van der Waals surface area contributed by atoms with Gasteiger partial charge in [-0.2, -0.15) is 0 Å². The second-order valence-electron chi connectivity index (χ2n) is 7.35. The normalized spacial score (nSPS) is 20.2. The lowest BCUT2D eigenvalue weighted by Gasteiger charge is -2.33. The summed E-state index contributed by atoms with van der Waals surface area (Å²) in [7, 11) is 1.65. The summed E-state index contributed by atoms with van der Waals surface area (Å²) in [5.74, 6) is 0.188. The topological polar surface area (TPSA) is 131 Å². The minimum absolute atomic E-state index is 0.00491. The van der Waals surface area contributed by atoms with Crippen LogP contribution in [-0.2, 0) is 4.74 Å². The fourth-order valence-electron chi connectivity index (χ4n) is 2.94. The number of nitrogens with zero attached hydrogens (tertiary/aromatic N) is 2. The van der Waals surface area contributed by atoms with Gasteiger partial charge in [0.2, 0.25) is 0 Å². The molecule has 1 aromatic heterocycles. The number of rotatable bonds is 5. The van der Waals surface area contributed by atoms with Crippen molar-refractivity contribution in [2.45, 2.75) is 64.1 Å². The molecule has 5 N–H and O–H groups in total. The molecule has 9 nitrogen and oxygen atoms in total. The average molecular weight is 364 g/mol. The predicted octanol–water partition coefficient (Wildman–Crippen LogP) is 1.86. The van der Waals surface area contributed by atoms with E-state index in [4.69, 9.17) is 10.5 Å². The third kappa shape index (κ3) is 5.47. The zero-order chi connectivity index (χ0) is 19.3. The van der Waals surface area contributed by atoms with E-state index < -0.39 is 17.6 Å². The van der Waals surface area contributed by atoms with Crippen LogP contribution in [-0.4, -0.2) is 46.7 Å². The second-order valence-corrected chi connectivity index (χ2v) is 7.35. The van der Waals surface area contributed by atoms with Gasteiger partial charge in [-0.25, -0.2) is 14.8 Å². The minimum atomic E-state index is -0.643. The number of hydrogen-bond acceptors (Lipinski definition) is 7. The summed E-state index contributed by atoms with van der Waals surface area (Å²) >= 11 is 0. The van der Waals surface area contributed by atoms with Crippen molar-refractivity contribution in [1.29, 1.82) is 0 Å². The van der Waals surface area contributed by atoms with E-state index in [1.807, 2.05) is 20.8 Å². The van der Waals surface area contributed by atoms with E-state index in [1.54, 1.807) is 7.05 Å². The van der Waals surface area contributed by atoms with Crippen molar-refractivity contribution in [2.24, 2.45) is 5.73 Å². The van der Waals surface area contributed by atoms with E-state index in [0.29, 0.717) is 11.6 Å². The van der Waals surface area contributed by atoms with Gasteiger partial charge in [0.1, 0.15) is 11.4 Å². The monoisotopic (exact) mass is 364 g/mol. The molecular formula is C17H28N6O3. The number of hydrogen-bond donors (Lipinski definition) is 4. The van der Waals surface area contributed by atoms with Crippen LogP contribution in [0.15, 0.2) is 6.20 Å². The predicted molar refractivity (Wildman–Crippen MR) is 99.1 cm³/mol. The zero-order valence-electron chi connectivity index (χ0n) is 15.8. The molecule has 2 rings (SSSR count). The van der Waals surface area contributed by atoms with Gasteiger partial charge in [0, 0.05) is 13.1 Å². The Morgan fingerprint density at radius 3 is 2.46 bits per heavy atom. The van der Waals surface area contributed by atoms with Crippen LogP contribution in [0, 0.1) is 0 Å². The van der Waals surface area contributed by atoms with Crippen molar-refractivity contribution in [2.75, 3.05) is 17.7 Å². The van der Waals surface area contributed by atoms with Gasteiger partial charge in [0.05, 0.1) is 12.2 Å². The molecule has 1 saturated carbocycles. The lowest BCUT2D eigenvalue weighted by molar-refractivity contribution is 0.0488. The Bertz CT molecular complexity index is 658. The Labute approximate surface area is 153 Å². The summed E-state index contributed by atoms with van der Waals surface area (Å²) in [6, 6.07) is -0.0797. The minimum Gasteiger partial charge on any atom is -0.444 e. The number of alkyl carbamates (subject to hydrolysis) is 1. The number of anilines is 2. The molecule has 26 heavy (non-hydrogen) atoms. The number of amides is 2. The second kappa shape index (κ2) is 8.20. The fourth-order valence-corrected chi connectivity index (χ4v) is 2.94. The van der Waals surface area contributed by atoms with Crippen LogP contribution in [0.1, 0.15) is 56.9 Å². The first-order valence-electron chi connectivity index (χ1n) is 8.80.